The van der Waals surface area contributed by atoms with Gasteiger partial charge in [0.15, 0.2) is 0 Å². The average molecular weight is 297 g/mol. The average Bonchev–Trinajstić information content (AvgIpc) is 2.17. The number of rotatable bonds is 5. The Morgan fingerprint density at radius 1 is 1.22 bits per heavy atom. The topological polar surface area (TPSA) is 144 Å². The SMILES string of the molecule is Nc1ccc(CCO)cc1S(=O)(=O)OS(=O)(=O)O. The highest BCUT2D eigenvalue weighted by atomic mass is 32.3. The van der Waals surface area contributed by atoms with Crippen LogP contribution in [0.15, 0.2) is 23.1 Å². The first-order valence-electron chi connectivity index (χ1n) is 4.58. The molecule has 0 bridgehead atoms. The predicted octanol–water partition coefficient (Wildman–Crippen LogP) is -0.688. The number of benzene rings is 1. The first kappa shape index (κ1) is 14.9. The Labute approximate surface area is 104 Å². The lowest BCUT2D eigenvalue weighted by atomic mass is 10.1. The lowest BCUT2D eigenvalue weighted by molar-refractivity contribution is 0.299. The molecule has 8 nitrogen and oxygen atoms in total. The number of hydrogen-bond acceptors (Lipinski definition) is 7. The molecule has 4 N–H and O–H groups in total. The lowest BCUT2D eigenvalue weighted by Gasteiger charge is -2.07. The Morgan fingerprint density at radius 3 is 2.33 bits per heavy atom. The Kier molecular flexibility index (Phi) is 4.29. The van der Waals surface area contributed by atoms with Crippen molar-refractivity contribution in [1.82, 2.24) is 0 Å². The predicted molar refractivity (Wildman–Crippen MR) is 61.5 cm³/mol. The van der Waals surface area contributed by atoms with Crippen LogP contribution in [0, 0.1) is 0 Å². The standard InChI is InChI=1S/C8H11NO7S2/c9-7-2-1-6(3-4-10)5-8(7)17(11,12)16-18(13,14)15/h1-2,5,10H,3-4,9H2,(H,13,14,15). The van der Waals surface area contributed by atoms with E-state index in [4.69, 9.17) is 15.4 Å². The van der Waals surface area contributed by atoms with E-state index in [1.54, 1.807) is 0 Å². The lowest BCUT2D eigenvalue weighted by Crippen LogP contribution is -2.14. The van der Waals surface area contributed by atoms with Gasteiger partial charge >= 0.3 is 20.5 Å². The van der Waals surface area contributed by atoms with E-state index in [1.165, 1.54) is 12.1 Å². The molecule has 18 heavy (non-hydrogen) atoms. The monoisotopic (exact) mass is 297 g/mol. The third-order valence-electron chi connectivity index (χ3n) is 1.92. The molecule has 0 aliphatic carbocycles. The quantitative estimate of drug-likeness (QED) is 0.478. The Bertz CT molecular complexity index is 635. The van der Waals surface area contributed by atoms with Crippen LogP contribution in [0.1, 0.15) is 5.56 Å². The molecule has 0 saturated heterocycles. The van der Waals surface area contributed by atoms with E-state index in [2.05, 4.69) is 3.63 Å². The third kappa shape index (κ3) is 3.92. The van der Waals surface area contributed by atoms with Crippen LogP contribution >= 0.6 is 0 Å². The van der Waals surface area contributed by atoms with Crippen molar-refractivity contribution in [2.45, 2.75) is 11.3 Å². The summed E-state index contributed by atoms with van der Waals surface area (Å²) in [5, 5.41) is 8.72. The van der Waals surface area contributed by atoms with Crippen LogP contribution in [-0.4, -0.2) is 33.1 Å². The molecule has 0 aromatic heterocycles. The molecule has 0 aliphatic heterocycles. The van der Waals surface area contributed by atoms with Crippen LogP contribution in [0.25, 0.3) is 0 Å². The molecular weight excluding hydrogens is 286 g/mol. The second-order valence-electron chi connectivity index (χ2n) is 3.30. The van der Waals surface area contributed by atoms with Gasteiger partial charge in [-0.05, 0) is 24.1 Å². The van der Waals surface area contributed by atoms with Gasteiger partial charge in [0.05, 0.1) is 5.69 Å². The third-order valence-corrected chi connectivity index (χ3v) is 4.22. The molecule has 0 saturated carbocycles. The van der Waals surface area contributed by atoms with E-state index >= 15 is 0 Å². The number of nitrogen functional groups attached to an aromatic ring is 1. The molecule has 0 aliphatic rings. The number of nitrogens with two attached hydrogens (primary N) is 1. The molecule has 0 heterocycles. The van der Waals surface area contributed by atoms with E-state index in [1.807, 2.05) is 0 Å². The molecule has 1 aromatic carbocycles. The fourth-order valence-electron chi connectivity index (χ4n) is 1.23. The van der Waals surface area contributed by atoms with Gasteiger partial charge in [-0.15, -0.1) is 3.63 Å². The summed E-state index contributed by atoms with van der Waals surface area (Å²) in [5.74, 6) is 0. The van der Waals surface area contributed by atoms with E-state index in [0.29, 0.717) is 5.56 Å². The summed E-state index contributed by atoms with van der Waals surface area (Å²) in [7, 11) is -9.90. The number of anilines is 1. The summed E-state index contributed by atoms with van der Waals surface area (Å²) in [6, 6.07) is 3.76. The highest BCUT2D eigenvalue weighted by Gasteiger charge is 2.25. The van der Waals surface area contributed by atoms with Gasteiger partial charge in [0.1, 0.15) is 4.90 Å². The molecule has 1 rings (SSSR count). The summed E-state index contributed by atoms with van der Waals surface area (Å²) in [6.45, 7) is -0.220. The van der Waals surface area contributed by atoms with Crippen molar-refractivity contribution in [1.29, 1.82) is 0 Å². The van der Waals surface area contributed by atoms with Gasteiger partial charge in [0.2, 0.25) is 0 Å². The van der Waals surface area contributed by atoms with Crippen LogP contribution in [0.3, 0.4) is 0 Å². The highest BCUT2D eigenvalue weighted by Crippen LogP contribution is 2.23. The second-order valence-corrected chi connectivity index (χ2v) is 6.04. The summed E-state index contributed by atoms with van der Waals surface area (Å²) < 4.78 is 55.8. The van der Waals surface area contributed by atoms with Crippen LogP contribution in [0.4, 0.5) is 5.69 Å². The first-order valence-corrected chi connectivity index (χ1v) is 7.36. The zero-order valence-corrected chi connectivity index (χ0v) is 10.6. The Hall–Kier alpha value is -1.20. The minimum absolute atomic E-state index is 0.161. The molecule has 0 amide bonds. The van der Waals surface area contributed by atoms with Crippen LogP contribution in [-0.2, 0) is 30.6 Å². The minimum atomic E-state index is -5.16. The molecule has 0 atom stereocenters. The normalized spacial score (nSPS) is 12.6. The number of aliphatic hydroxyl groups excluding tert-OH is 1. The highest BCUT2D eigenvalue weighted by molar-refractivity contribution is 7.97. The summed E-state index contributed by atoms with van der Waals surface area (Å²) in [6.07, 6.45) is 0.161. The summed E-state index contributed by atoms with van der Waals surface area (Å²) in [4.78, 5) is -0.592. The van der Waals surface area contributed by atoms with E-state index < -0.39 is 25.4 Å². The smallest absolute Gasteiger partial charge is 0.398 e. The van der Waals surface area contributed by atoms with Crippen molar-refractivity contribution in [3.8, 4) is 0 Å². The Morgan fingerprint density at radius 2 is 1.83 bits per heavy atom. The van der Waals surface area contributed by atoms with Crippen molar-refractivity contribution in [2.24, 2.45) is 0 Å². The number of hydrogen-bond donors (Lipinski definition) is 3. The van der Waals surface area contributed by atoms with Gasteiger partial charge in [-0.25, -0.2) is 0 Å². The summed E-state index contributed by atoms with van der Waals surface area (Å²) in [5.41, 5.74) is 5.58. The molecule has 0 spiro atoms. The molecule has 0 unspecified atom stereocenters. The van der Waals surface area contributed by atoms with E-state index in [-0.39, 0.29) is 18.7 Å². The zero-order chi connectivity index (χ0) is 14.0. The van der Waals surface area contributed by atoms with Crippen molar-refractivity contribution >= 4 is 26.2 Å². The second kappa shape index (κ2) is 5.20. The Balaban J connectivity index is 3.27. The van der Waals surface area contributed by atoms with E-state index in [9.17, 15) is 16.8 Å². The largest absolute Gasteiger partial charge is 0.412 e. The van der Waals surface area contributed by atoms with Gasteiger partial charge in [0.25, 0.3) is 0 Å². The van der Waals surface area contributed by atoms with Crippen molar-refractivity contribution in [3.63, 3.8) is 0 Å². The van der Waals surface area contributed by atoms with Crippen LogP contribution in [0.5, 0.6) is 0 Å². The first-order chi connectivity index (χ1) is 8.15. The fourth-order valence-corrected chi connectivity index (χ4v) is 3.08. The van der Waals surface area contributed by atoms with Crippen molar-refractivity contribution in [3.05, 3.63) is 23.8 Å². The van der Waals surface area contributed by atoms with Gasteiger partial charge in [-0.1, -0.05) is 6.07 Å². The maximum Gasteiger partial charge on any atom is 0.412 e. The maximum absolute atomic E-state index is 11.5. The van der Waals surface area contributed by atoms with Gasteiger partial charge in [-0.2, -0.15) is 16.8 Å². The molecule has 0 radical (unpaired) electrons. The molecule has 0 fully saturated rings. The van der Waals surface area contributed by atoms with Crippen molar-refractivity contribution in [2.75, 3.05) is 12.3 Å². The summed E-state index contributed by atoms with van der Waals surface area (Å²) >= 11 is 0. The van der Waals surface area contributed by atoms with Gasteiger partial charge in [-0.3, -0.25) is 4.55 Å². The van der Waals surface area contributed by atoms with E-state index in [0.717, 1.165) is 6.07 Å². The molecule has 1 aromatic rings. The van der Waals surface area contributed by atoms with Gasteiger partial charge < -0.3 is 10.8 Å². The van der Waals surface area contributed by atoms with Crippen molar-refractivity contribution < 1.29 is 30.1 Å². The number of aliphatic hydroxyl groups is 1. The van der Waals surface area contributed by atoms with Gasteiger partial charge in [0, 0.05) is 6.61 Å². The minimum Gasteiger partial charge on any atom is -0.398 e. The van der Waals surface area contributed by atoms with Crippen LogP contribution in [0.2, 0.25) is 0 Å². The zero-order valence-electron chi connectivity index (χ0n) is 8.98. The molecule has 102 valence electrons. The molecular formula is C8H11NO7S2. The fraction of sp³-hybridized carbons (Fsp3) is 0.250. The molecule has 10 heteroatoms. The van der Waals surface area contributed by atoms with Crippen LogP contribution < -0.4 is 5.73 Å². The maximum atomic E-state index is 11.5.